The molecule has 0 saturated heterocycles. The second-order valence-electron chi connectivity index (χ2n) is 4.72. The Morgan fingerprint density at radius 2 is 1.81 bits per heavy atom. The van der Waals surface area contributed by atoms with Crippen molar-refractivity contribution >= 4 is 0 Å². The SMILES string of the molecule is CCc1ccc(OCc2ccccc2C#CCCO)cc1. The molecular weight excluding hydrogens is 260 g/mol. The van der Waals surface area contributed by atoms with Crippen LogP contribution in [0.1, 0.15) is 30.0 Å². The van der Waals surface area contributed by atoms with Crippen LogP contribution < -0.4 is 4.74 Å². The first kappa shape index (κ1) is 15.2. The summed E-state index contributed by atoms with van der Waals surface area (Å²) in [7, 11) is 0. The lowest BCUT2D eigenvalue weighted by molar-refractivity contribution is 0.305. The molecule has 0 aromatic heterocycles. The summed E-state index contributed by atoms with van der Waals surface area (Å²) in [5.74, 6) is 6.89. The van der Waals surface area contributed by atoms with E-state index in [1.807, 2.05) is 36.4 Å². The van der Waals surface area contributed by atoms with Crippen LogP contribution in [0.3, 0.4) is 0 Å². The van der Waals surface area contributed by atoms with E-state index in [4.69, 9.17) is 9.84 Å². The van der Waals surface area contributed by atoms with Gasteiger partial charge in [0.1, 0.15) is 12.4 Å². The summed E-state index contributed by atoms with van der Waals surface area (Å²) >= 11 is 0. The maximum Gasteiger partial charge on any atom is 0.119 e. The summed E-state index contributed by atoms with van der Waals surface area (Å²) in [6.45, 7) is 2.72. The largest absolute Gasteiger partial charge is 0.489 e. The van der Waals surface area contributed by atoms with Crippen LogP contribution in [0.2, 0.25) is 0 Å². The van der Waals surface area contributed by atoms with Crippen LogP contribution in [-0.4, -0.2) is 11.7 Å². The molecule has 0 radical (unpaired) electrons. The molecule has 0 aliphatic carbocycles. The fraction of sp³-hybridized carbons (Fsp3) is 0.263. The number of hydrogen-bond donors (Lipinski definition) is 1. The molecule has 0 heterocycles. The van der Waals surface area contributed by atoms with Crippen LogP contribution in [0.25, 0.3) is 0 Å². The standard InChI is InChI=1S/C19H20O2/c1-2-16-10-12-19(13-11-16)21-15-18-9-4-3-7-17(18)8-5-6-14-20/h3-4,7,9-13,20H,2,6,14-15H2,1H3. The van der Waals surface area contributed by atoms with Crippen molar-refractivity contribution in [3.8, 4) is 17.6 Å². The Morgan fingerprint density at radius 1 is 1.05 bits per heavy atom. The highest BCUT2D eigenvalue weighted by Crippen LogP contribution is 2.16. The molecular formula is C19H20O2. The van der Waals surface area contributed by atoms with Crippen molar-refractivity contribution in [1.29, 1.82) is 0 Å². The van der Waals surface area contributed by atoms with Gasteiger partial charge in [-0.3, -0.25) is 0 Å². The Labute approximate surface area is 126 Å². The van der Waals surface area contributed by atoms with Gasteiger partial charge in [0.15, 0.2) is 0 Å². The second kappa shape index (κ2) is 8.14. The molecule has 0 aliphatic heterocycles. The van der Waals surface area contributed by atoms with E-state index in [-0.39, 0.29) is 6.61 Å². The third-order valence-electron chi connectivity index (χ3n) is 3.20. The smallest absolute Gasteiger partial charge is 0.119 e. The van der Waals surface area contributed by atoms with E-state index in [2.05, 4.69) is 30.9 Å². The summed E-state index contributed by atoms with van der Waals surface area (Å²) in [4.78, 5) is 0. The molecule has 1 N–H and O–H groups in total. The van der Waals surface area contributed by atoms with E-state index < -0.39 is 0 Å². The molecule has 0 spiro atoms. The van der Waals surface area contributed by atoms with Crippen LogP contribution >= 0.6 is 0 Å². The average molecular weight is 280 g/mol. The third-order valence-corrected chi connectivity index (χ3v) is 3.20. The molecule has 0 saturated carbocycles. The van der Waals surface area contributed by atoms with Crippen molar-refractivity contribution in [1.82, 2.24) is 0 Å². The first-order valence-corrected chi connectivity index (χ1v) is 7.23. The van der Waals surface area contributed by atoms with Gasteiger partial charge >= 0.3 is 0 Å². The molecule has 2 rings (SSSR count). The predicted octanol–water partition coefficient (Wildman–Crippen LogP) is 3.56. The van der Waals surface area contributed by atoms with Crippen molar-refractivity contribution < 1.29 is 9.84 Å². The topological polar surface area (TPSA) is 29.5 Å². The van der Waals surface area contributed by atoms with Crippen LogP contribution in [0.15, 0.2) is 48.5 Å². The molecule has 2 nitrogen and oxygen atoms in total. The molecule has 0 unspecified atom stereocenters. The first-order chi connectivity index (χ1) is 10.3. The molecule has 2 heteroatoms. The fourth-order valence-electron chi connectivity index (χ4n) is 1.96. The lowest BCUT2D eigenvalue weighted by Gasteiger charge is -2.08. The Bertz CT molecular complexity index is 618. The molecule has 2 aromatic carbocycles. The van der Waals surface area contributed by atoms with Crippen molar-refractivity contribution in [2.24, 2.45) is 0 Å². The van der Waals surface area contributed by atoms with E-state index in [0.717, 1.165) is 23.3 Å². The molecule has 108 valence electrons. The lowest BCUT2D eigenvalue weighted by Crippen LogP contribution is -1.98. The zero-order valence-corrected chi connectivity index (χ0v) is 12.3. The van der Waals surface area contributed by atoms with Gasteiger partial charge in [0.05, 0.1) is 6.61 Å². The monoisotopic (exact) mass is 280 g/mol. The number of aliphatic hydroxyl groups is 1. The minimum Gasteiger partial charge on any atom is -0.489 e. The van der Waals surface area contributed by atoms with Gasteiger partial charge in [-0.2, -0.15) is 0 Å². The number of ether oxygens (including phenoxy) is 1. The Morgan fingerprint density at radius 3 is 2.52 bits per heavy atom. The van der Waals surface area contributed by atoms with Crippen molar-refractivity contribution in [2.45, 2.75) is 26.4 Å². The predicted molar refractivity (Wildman–Crippen MR) is 85.2 cm³/mol. The molecule has 2 aromatic rings. The summed E-state index contributed by atoms with van der Waals surface area (Å²) in [6.07, 6.45) is 1.53. The van der Waals surface area contributed by atoms with E-state index in [1.54, 1.807) is 0 Å². The van der Waals surface area contributed by atoms with Crippen molar-refractivity contribution in [3.05, 3.63) is 65.2 Å². The van der Waals surface area contributed by atoms with Crippen LogP contribution in [-0.2, 0) is 13.0 Å². The highest BCUT2D eigenvalue weighted by Gasteiger charge is 2.01. The second-order valence-corrected chi connectivity index (χ2v) is 4.72. The van der Waals surface area contributed by atoms with E-state index in [1.165, 1.54) is 5.56 Å². The fourth-order valence-corrected chi connectivity index (χ4v) is 1.96. The maximum atomic E-state index is 8.78. The van der Waals surface area contributed by atoms with Crippen LogP contribution in [0.4, 0.5) is 0 Å². The lowest BCUT2D eigenvalue weighted by atomic mass is 10.1. The molecule has 0 aliphatic rings. The third kappa shape index (κ3) is 4.66. The van der Waals surface area contributed by atoms with Crippen molar-refractivity contribution in [3.63, 3.8) is 0 Å². The summed E-state index contributed by atoms with van der Waals surface area (Å²) in [6, 6.07) is 16.1. The van der Waals surface area contributed by atoms with Gasteiger partial charge in [0, 0.05) is 17.5 Å². The van der Waals surface area contributed by atoms with Gasteiger partial charge in [-0.1, -0.05) is 49.1 Å². The van der Waals surface area contributed by atoms with Gasteiger partial charge in [-0.25, -0.2) is 0 Å². The van der Waals surface area contributed by atoms with E-state index in [9.17, 15) is 0 Å². The Hall–Kier alpha value is -2.24. The molecule has 0 amide bonds. The molecule has 0 bridgehead atoms. The average Bonchev–Trinajstić information content (AvgIpc) is 2.54. The Kier molecular flexibility index (Phi) is 5.87. The van der Waals surface area contributed by atoms with Crippen LogP contribution in [0, 0.1) is 11.8 Å². The number of rotatable bonds is 5. The van der Waals surface area contributed by atoms with Crippen molar-refractivity contribution in [2.75, 3.05) is 6.61 Å². The highest BCUT2D eigenvalue weighted by atomic mass is 16.5. The van der Waals surface area contributed by atoms with E-state index in [0.29, 0.717) is 13.0 Å². The number of benzene rings is 2. The minimum atomic E-state index is 0.0927. The molecule has 0 fully saturated rings. The molecule has 21 heavy (non-hydrogen) atoms. The Balaban J connectivity index is 2.04. The minimum absolute atomic E-state index is 0.0927. The van der Waals surface area contributed by atoms with Gasteiger partial charge in [-0.05, 0) is 30.2 Å². The summed E-state index contributed by atoms with van der Waals surface area (Å²) in [5.41, 5.74) is 3.32. The quantitative estimate of drug-likeness (QED) is 0.849. The zero-order valence-electron chi connectivity index (χ0n) is 12.3. The zero-order chi connectivity index (χ0) is 14.9. The van der Waals surface area contributed by atoms with E-state index >= 15 is 0 Å². The number of hydrogen-bond acceptors (Lipinski definition) is 2. The normalized spacial score (nSPS) is 9.81. The summed E-state index contributed by atoms with van der Waals surface area (Å²) in [5, 5.41) is 8.78. The maximum absolute atomic E-state index is 8.78. The van der Waals surface area contributed by atoms with Gasteiger partial charge in [0.2, 0.25) is 0 Å². The van der Waals surface area contributed by atoms with Gasteiger partial charge in [-0.15, -0.1) is 0 Å². The first-order valence-electron chi connectivity index (χ1n) is 7.23. The molecule has 0 atom stereocenters. The number of aryl methyl sites for hydroxylation is 1. The van der Waals surface area contributed by atoms with Gasteiger partial charge in [0.25, 0.3) is 0 Å². The summed E-state index contributed by atoms with van der Waals surface area (Å²) < 4.78 is 5.82. The highest BCUT2D eigenvalue weighted by molar-refractivity contribution is 5.41. The van der Waals surface area contributed by atoms with Crippen LogP contribution in [0.5, 0.6) is 5.75 Å². The van der Waals surface area contributed by atoms with Gasteiger partial charge < -0.3 is 9.84 Å². The number of aliphatic hydroxyl groups excluding tert-OH is 1.